The van der Waals surface area contributed by atoms with Crippen LogP contribution < -0.4 is 10.2 Å². The molecular weight excluding hydrogens is 393 g/mol. The number of rotatable bonds is 5. The zero-order valence-corrected chi connectivity index (χ0v) is 18.3. The molecule has 2 N–H and O–H groups in total. The van der Waals surface area contributed by atoms with Gasteiger partial charge in [0.2, 0.25) is 10.0 Å². The van der Waals surface area contributed by atoms with Gasteiger partial charge >= 0.3 is 0 Å². The molecule has 1 heterocycles. The third kappa shape index (κ3) is 4.98. The topological polar surface area (TPSA) is 70.9 Å². The Morgan fingerprint density at radius 3 is 2.59 bits per heavy atom. The molecule has 1 saturated carbocycles. The zero-order valence-electron chi connectivity index (χ0n) is 17.5. The molecule has 0 aromatic heterocycles. The van der Waals surface area contributed by atoms with E-state index >= 15 is 0 Å². The van der Waals surface area contributed by atoms with Crippen molar-refractivity contribution in [1.82, 2.24) is 9.62 Å². The van der Waals surface area contributed by atoms with Gasteiger partial charge in [0.25, 0.3) is 5.91 Å². The van der Waals surface area contributed by atoms with Crippen LogP contribution in [0.5, 0.6) is 0 Å². The summed E-state index contributed by atoms with van der Waals surface area (Å²) in [7, 11) is -3.71. The lowest BCUT2D eigenvalue weighted by molar-refractivity contribution is -0.917. The van der Waals surface area contributed by atoms with Crippen LogP contribution in [0.4, 0.5) is 4.39 Å². The Labute approximate surface area is 173 Å². The highest BCUT2D eigenvalue weighted by Gasteiger charge is 2.36. The first-order valence-electron chi connectivity index (χ1n) is 10.6. The number of benzene rings is 1. The molecule has 1 aromatic carbocycles. The van der Waals surface area contributed by atoms with E-state index in [1.807, 2.05) is 6.92 Å². The normalized spacial score (nSPS) is 28.1. The highest BCUT2D eigenvalue weighted by molar-refractivity contribution is 7.89. The van der Waals surface area contributed by atoms with Crippen molar-refractivity contribution in [1.29, 1.82) is 0 Å². The summed E-state index contributed by atoms with van der Waals surface area (Å²) in [5.74, 6) is 0.579. The molecule has 29 heavy (non-hydrogen) atoms. The van der Waals surface area contributed by atoms with E-state index in [9.17, 15) is 17.6 Å². The fourth-order valence-corrected chi connectivity index (χ4v) is 5.98. The molecule has 162 valence electrons. The van der Waals surface area contributed by atoms with Crippen LogP contribution in [0.25, 0.3) is 0 Å². The third-order valence-electron chi connectivity index (χ3n) is 6.84. The van der Waals surface area contributed by atoms with Crippen molar-refractivity contribution in [2.24, 2.45) is 11.8 Å². The van der Waals surface area contributed by atoms with Gasteiger partial charge < -0.3 is 10.2 Å². The van der Waals surface area contributed by atoms with E-state index in [1.165, 1.54) is 28.9 Å². The second-order valence-corrected chi connectivity index (χ2v) is 10.6. The summed E-state index contributed by atoms with van der Waals surface area (Å²) in [6.45, 7) is 8.13. The van der Waals surface area contributed by atoms with Gasteiger partial charge in [-0.2, -0.15) is 4.31 Å². The molecule has 0 radical (unpaired) electrons. The van der Waals surface area contributed by atoms with Gasteiger partial charge in [-0.05, 0) is 43.4 Å². The fraction of sp³-hybridized carbons (Fsp3) is 0.667. The summed E-state index contributed by atoms with van der Waals surface area (Å²) in [5.41, 5.74) is 0. The number of sulfonamides is 1. The molecule has 0 unspecified atom stereocenters. The maximum Gasteiger partial charge on any atom is 0.278 e. The maximum atomic E-state index is 13.4. The summed E-state index contributed by atoms with van der Waals surface area (Å²) in [6, 6.07) is 5.11. The van der Waals surface area contributed by atoms with Gasteiger partial charge in [0.15, 0.2) is 6.04 Å². The predicted molar refractivity (Wildman–Crippen MR) is 109 cm³/mol. The zero-order chi connectivity index (χ0) is 21.2. The average Bonchev–Trinajstić information content (AvgIpc) is 2.71. The molecule has 1 aliphatic heterocycles. The Bertz CT molecular complexity index is 824. The van der Waals surface area contributed by atoms with Crippen LogP contribution in [0, 0.1) is 17.7 Å². The monoisotopic (exact) mass is 426 g/mol. The standard InChI is InChI=1S/C21H32FN3O3S/c1-15-6-4-9-20(16(15)2)23-21(26)17(3)24-10-12-25(13-11-24)29(27,28)19-8-5-7-18(22)14-19/h5,7-8,14-17,20H,4,6,9-13H2,1-3H3,(H,23,26)/p+1/t15-,16-,17-,20-/m1/s1. The minimum atomic E-state index is -3.71. The molecule has 1 saturated heterocycles. The number of piperazine rings is 1. The lowest BCUT2D eigenvalue weighted by Gasteiger charge is -2.37. The summed E-state index contributed by atoms with van der Waals surface area (Å²) in [5, 5.41) is 3.24. The van der Waals surface area contributed by atoms with Gasteiger partial charge in [0.05, 0.1) is 31.1 Å². The number of carbonyl (C=O) groups excluding carboxylic acids is 1. The molecule has 4 atom stereocenters. The van der Waals surface area contributed by atoms with Crippen molar-refractivity contribution < 1.29 is 22.5 Å². The predicted octanol–water partition coefficient (Wildman–Crippen LogP) is 1.04. The van der Waals surface area contributed by atoms with Gasteiger partial charge in [-0.3, -0.25) is 4.79 Å². The molecule has 1 aromatic rings. The fourth-order valence-electron chi connectivity index (χ4n) is 4.50. The molecule has 0 spiro atoms. The minimum absolute atomic E-state index is 0.0212. The quantitative estimate of drug-likeness (QED) is 0.739. The van der Waals surface area contributed by atoms with E-state index in [2.05, 4.69) is 19.2 Å². The Morgan fingerprint density at radius 2 is 1.93 bits per heavy atom. The number of carbonyl (C=O) groups is 1. The molecule has 1 amide bonds. The summed E-state index contributed by atoms with van der Waals surface area (Å²) < 4.78 is 40.3. The van der Waals surface area contributed by atoms with Gasteiger partial charge in [-0.25, -0.2) is 12.8 Å². The third-order valence-corrected chi connectivity index (χ3v) is 8.73. The molecular formula is C21H33FN3O3S+. The minimum Gasteiger partial charge on any atom is -0.348 e. The SMILES string of the molecule is C[C@@H]1[C@H](C)CCC[C@H]1NC(=O)[C@@H](C)[NH+]1CCN(S(=O)(=O)c2cccc(F)c2)CC1. The van der Waals surface area contributed by atoms with Crippen molar-refractivity contribution in [2.45, 2.75) is 57.0 Å². The maximum absolute atomic E-state index is 13.4. The van der Waals surface area contributed by atoms with E-state index < -0.39 is 15.8 Å². The second-order valence-electron chi connectivity index (χ2n) is 8.62. The van der Waals surface area contributed by atoms with Crippen molar-refractivity contribution >= 4 is 15.9 Å². The van der Waals surface area contributed by atoms with Crippen LogP contribution in [-0.4, -0.2) is 56.9 Å². The van der Waals surface area contributed by atoms with E-state index in [-0.39, 0.29) is 22.9 Å². The second kappa shape index (κ2) is 9.10. The highest BCUT2D eigenvalue weighted by atomic mass is 32.2. The summed E-state index contributed by atoms with van der Waals surface area (Å²) in [6.07, 6.45) is 3.39. The van der Waals surface area contributed by atoms with Crippen LogP contribution >= 0.6 is 0 Å². The van der Waals surface area contributed by atoms with Crippen molar-refractivity contribution in [3.63, 3.8) is 0 Å². The number of halogens is 1. The van der Waals surface area contributed by atoms with Crippen LogP contribution in [0.1, 0.15) is 40.0 Å². The van der Waals surface area contributed by atoms with E-state index in [0.717, 1.165) is 23.8 Å². The first-order valence-corrected chi connectivity index (χ1v) is 12.0. The largest absolute Gasteiger partial charge is 0.348 e. The smallest absolute Gasteiger partial charge is 0.278 e. The number of nitrogens with one attached hydrogen (secondary N) is 2. The molecule has 6 nitrogen and oxygen atoms in total. The Hall–Kier alpha value is -1.51. The summed E-state index contributed by atoms with van der Waals surface area (Å²) >= 11 is 0. The molecule has 0 bridgehead atoms. The molecule has 2 aliphatic rings. The van der Waals surface area contributed by atoms with Crippen LogP contribution in [0.3, 0.4) is 0 Å². The number of hydrogen-bond donors (Lipinski definition) is 2. The Kier molecular flexibility index (Phi) is 6.96. The summed E-state index contributed by atoms with van der Waals surface area (Å²) in [4.78, 5) is 13.9. The van der Waals surface area contributed by atoms with E-state index in [4.69, 9.17) is 0 Å². The number of quaternary nitrogens is 1. The molecule has 8 heteroatoms. The Balaban J connectivity index is 1.56. The highest BCUT2D eigenvalue weighted by Crippen LogP contribution is 2.29. The molecule has 2 fully saturated rings. The van der Waals surface area contributed by atoms with E-state index in [1.54, 1.807) is 0 Å². The van der Waals surface area contributed by atoms with Crippen LogP contribution in [-0.2, 0) is 14.8 Å². The lowest BCUT2D eigenvalue weighted by Crippen LogP contribution is -3.19. The van der Waals surface area contributed by atoms with Crippen LogP contribution in [0.15, 0.2) is 29.2 Å². The molecule has 1 aliphatic carbocycles. The van der Waals surface area contributed by atoms with Gasteiger partial charge in [0.1, 0.15) is 5.82 Å². The van der Waals surface area contributed by atoms with Crippen molar-refractivity contribution in [3.05, 3.63) is 30.1 Å². The first kappa shape index (κ1) is 22.2. The van der Waals surface area contributed by atoms with Crippen LogP contribution in [0.2, 0.25) is 0 Å². The Morgan fingerprint density at radius 1 is 1.24 bits per heavy atom. The number of nitrogens with zero attached hydrogens (tertiary/aromatic N) is 1. The first-order chi connectivity index (χ1) is 13.7. The average molecular weight is 427 g/mol. The van der Waals surface area contributed by atoms with Crippen molar-refractivity contribution in [3.8, 4) is 0 Å². The number of amides is 1. The van der Waals surface area contributed by atoms with Gasteiger partial charge in [-0.15, -0.1) is 0 Å². The lowest BCUT2D eigenvalue weighted by atomic mass is 9.78. The number of hydrogen-bond acceptors (Lipinski definition) is 3. The van der Waals surface area contributed by atoms with Gasteiger partial charge in [-0.1, -0.05) is 32.8 Å². The molecule has 3 rings (SSSR count). The van der Waals surface area contributed by atoms with Crippen molar-refractivity contribution in [2.75, 3.05) is 26.2 Å². The van der Waals surface area contributed by atoms with Gasteiger partial charge in [0, 0.05) is 6.04 Å². The van der Waals surface area contributed by atoms with E-state index in [0.29, 0.717) is 38.0 Å².